The largest absolute Gasteiger partial charge is 0.469 e. The number of fused-ring (bicyclic) bond motifs is 1. The average Bonchev–Trinajstić information content (AvgIpc) is 3.06. The van der Waals surface area contributed by atoms with Gasteiger partial charge in [0.15, 0.2) is 6.79 Å². The van der Waals surface area contributed by atoms with Gasteiger partial charge in [0.25, 0.3) is 5.91 Å². The molecule has 0 unspecified atom stereocenters. The number of ether oxygens (including phenoxy) is 4. The third kappa shape index (κ3) is 6.43. The molecule has 0 atom stereocenters. The minimum Gasteiger partial charge on any atom is -0.469 e. The van der Waals surface area contributed by atoms with E-state index in [-0.39, 0.29) is 31.2 Å². The molecule has 8 nitrogen and oxygen atoms in total. The van der Waals surface area contributed by atoms with Crippen LogP contribution in [0.3, 0.4) is 0 Å². The van der Waals surface area contributed by atoms with E-state index < -0.39 is 11.9 Å². The molecule has 0 N–H and O–H groups in total. The summed E-state index contributed by atoms with van der Waals surface area (Å²) in [6.07, 6.45) is 6.82. The number of methoxy groups -OCH3 is 2. The third-order valence-corrected chi connectivity index (χ3v) is 5.32. The zero-order valence-electron chi connectivity index (χ0n) is 19.0. The lowest BCUT2D eigenvalue weighted by molar-refractivity contribution is -0.139. The molecule has 0 aliphatic carbocycles. The van der Waals surface area contributed by atoms with Crippen LogP contribution in [-0.4, -0.2) is 57.4 Å². The lowest BCUT2D eigenvalue weighted by Gasteiger charge is -2.16. The molecule has 2 rings (SSSR count). The van der Waals surface area contributed by atoms with E-state index in [1.165, 1.54) is 50.9 Å². The number of hydrogen-bond acceptors (Lipinski definition) is 7. The maximum atomic E-state index is 12.7. The van der Waals surface area contributed by atoms with Crippen molar-refractivity contribution in [3.8, 4) is 5.75 Å². The van der Waals surface area contributed by atoms with Gasteiger partial charge in [-0.25, -0.2) is 4.79 Å². The van der Waals surface area contributed by atoms with Gasteiger partial charge < -0.3 is 23.8 Å². The number of esters is 2. The van der Waals surface area contributed by atoms with Crippen LogP contribution in [0.1, 0.15) is 77.3 Å². The summed E-state index contributed by atoms with van der Waals surface area (Å²) in [5, 5.41) is 0. The second-order valence-corrected chi connectivity index (χ2v) is 7.61. The van der Waals surface area contributed by atoms with Crippen molar-refractivity contribution in [1.82, 2.24) is 4.90 Å². The van der Waals surface area contributed by atoms with E-state index in [1.807, 2.05) is 0 Å². The number of carbonyl (C=O) groups excluding carboxylic acids is 3. The van der Waals surface area contributed by atoms with E-state index in [0.29, 0.717) is 29.0 Å². The molecular weight excluding hydrogens is 402 g/mol. The minimum atomic E-state index is -0.607. The zero-order chi connectivity index (χ0) is 22.8. The SMILES string of the molecule is CCCCCCCCOCOc1cc(CC(=O)OC)c(C(=O)OC)c2c1C(=O)N(C)C2. The number of rotatable bonds is 13. The first kappa shape index (κ1) is 24.7. The molecule has 0 aromatic heterocycles. The summed E-state index contributed by atoms with van der Waals surface area (Å²) in [6, 6.07) is 1.53. The van der Waals surface area contributed by atoms with Crippen LogP contribution in [0.2, 0.25) is 0 Å². The van der Waals surface area contributed by atoms with Crippen molar-refractivity contribution in [2.75, 3.05) is 34.7 Å². The molecule has 0 saturated heterocycles. The van der Waals surface area contributed by atoms with Crippen LogP contribution in [0.15, 0.2) is 6.07 Å². The molecule has 1 heterocycles. The van der Waals surface area contributed by atoms with Crippen LogP contribution in [0, 0.1) is 0 Å². The summed E-state index contributed by atoms with van der Waals surface area (Å²) in [7, 11) is 4.18. The number of amides is 1. The van der Waals surface area contributed by atoms with Crippen LogP contribution < -0.4 is 4.74 Å². The van der Waals surface area contributed by atoms with Gasteiger partial charge in [-0.1, -0.05) is 39.0 Å². The molecule has 31 heavy (non-hydrogen) atoms. The first-order valence-corrected chi connectivity index (χ1v) is 10.7. The third-order valence-electron chi connectivity index (χ3n) is 5.32. The molecule has 1 aliphatic rings. The van der Waals surface area contributed by atoms with Crippen LogP contribution >= 0.6 is 0 Å². The summed E-state index contributed by atoms with van der Waals surface area (Å²) in [5.74, 6) is -1.08. The second-order valence-electron chi connectivity index (χ2n) is 7.61. The predicted molar refractivity (Wildman–Crippen MR) is 114 cm³/mol. The zero-order valence-corrected chi connectivity index (χ0v) is 19.0. The Labute approximate surface area is 183 Å². The topological polar surface area (TPSA) is 91.4 Å². The van der Waals surface area contributed by atoms with Gasteiger partial charge in [0.05, 0.1) is 38.4 Å². The summed E-state index contributed by atoms with van der Waals surface area (Å²) < 4.78 is 21.0. The highest BCUT2D eigenvalue weighted by atomic mass is 16.7. The number of benzene rings is 1. The lowest BCUT2D eigenvalue weighted by atomic mass is 9.94. The Morgan fingerprint density at radius 1 is 1.06 bits per heavy atom. The fourth-order valence-corrected chi connectivity index (χ4v) is 3.65. The van der Waals surface area contributed by atoms with Gasteiger partial charge in [-0.3, -0.25) is 9.59 Å². The van der Waals surface area contributed by atoms with Crippen molar-refractivity contribution in [2.24, 2.45) is 0 Å². The van der Waals surface area contributed by atoms with Gasteiger partial charge in [0, 0.05) is 19.2 Å². The number of carbonyl (C=O) groups is 3. The lowest BCUT2D eigenvalue weighted by Crippen LogP contribution is -2.18. The molecule has 1 amide bonds. The molecule has 0 fully saturated rings. The molecule has 0 bridgehead atoms. The molecule has 1 aromatic rings. The highest BCUT2D eigenvalue weighted by Gasteiger charge is 2.35. The number of hydrogen-bond donors (Lipinski definition) is 0. The van der Waals surface area contributed by atoms with Crippen molar-refractivity contribution >= 4 is 17.8 Å². The fraction of sp³-hybridized carbons (Fsp3) is 0.609. The summed E-state index contributed by atoms with van der Waals surface area (Å²) >= 11 is 0. The van der Waals surface area contributed by atoms with E-state index in [0.717, 1.165) is 12.8 Å². The van der Waals surface area contributed by atoms with Gasteiger partial charge in [0.1, 0.15) is 5.75 Å². The molecule has 1 aliphatic heterocycles. The Morgan fingerprint density at radius 3 is 2.45 bits per heavy atom. The molecular formula is C23H33NO7. The van der Waals surface area contributed by atoms with Crippen LogP contribution in [0.5, 0.6) is 5.75 Å². The normalized spacial score (nSPS) is 12.6. The predicted octanol–water partition coefficient (Wildman–Crippen LogP) is 3.49. The quantitative estimate of drug-likeness (QED) is 0.266. The van der Waals surface area contributed by atoms with E-state index in [9.17, 15) is 14.4 Å². The first-order chi connectivity index (χ1) is 14.9. The maximum Gasteiger partial charge on any atom is 0.338 e. The van der Waals surface area contributed by atoms with Crippen LogP contribution in [-0.2, 0) is 32.0 Å². The molecule has 172 valence electrons. The highest BCUT2D eigenvalue weighted by Crippen LogP contribution is 2.36. The van der Waals surface area contributed by atoms with Gasteiger partial charge in [0.2, 0.25) is 0 Å². The van der Waals surface area contributed by atoms with E-state index in [1.54, 1.807) is 7.05 Å². The van der Waals surface area contributed by atoms with E-state index >= 15 is 0 Å². The van der Waals surface area contributed by atoms with Crippen molar-refractivity contribution in [2.45, 2.75) is 58.4 Å². The Kier molecular flexibility index (Phi) is 9.78. The molecule has 8 heteroatoms. The standard InChI is InChI=1S/C23H33NO7/c1-5-6-7-8-9-10-11-30-15-31-18-12-16(13-19(25)28-3)20(23(27)29-4)17-14-24(2)22(26)21(17)18/h12H,5-11,13-15H2,1-4H3. The molecule has 0 radical (unpaired) electrons. The molecule has 0 saturated carbocycles. The number of unbranched alkanes of at least 4 members (excludes halogenated alkanes) is 5. The van der Waals surface area contributed by atoms with E-state index in [4.69, 9.17) is 18.9 Å². The second kappa shape index (κ2) is 12.3. The van der Waals surface area contributed by atoms with Crippen molar-refractivity contribution < 1.29 is 33.3 Å². The number of nitrogens with zero attached hydrogens (tertiary/aromatic N) is 1. The van der Waals surface area contributed by atoms with Crippen molar-refractivity contribution in [3.05, 3.63) is 28.3 Å². The maximum absolute atomic E-state index is 12.7. The molecule has 0 spiro atoms. The highest BCUT2D eigenvalue weighted by molar-refractivity contribution is 6.06. The van der Waals surface area contributed by atoms with Gasteiger partial charge in [-0.05, 0) is 18.1 Å². The first-order valence-electron chi connectivity index (χ1n) is 10.7. The minimum absolute atomic E-state index is 0.0202. The smallest absolute Gasteiger partial charge is 0.338 e. The van der Waals surface area contributed by atoms with Gasteiger partial charge in [-0.15, -0.1) is 0 Å². The van der Waals surface area contributed by atoms with E-state index in [2.05, 4.69) is 6.92 Å². The molecule has 1 aromatic carbocycles. The summed E-state index contributed by atoms with van der Waals surface area (Å²) in [6.45, 7) is 2.96. The van der Waals surface area contributed by atoms with Gasteiger partial charge in [-0.2, -0.15) is 0 Å². The average molecular weight is 436 g/mol. The monoisotopic (exact) mass is 435 g/mol. The Bertz CT molecular complexity index is 791. The summed E-state index contributed by atoms with van der Waals surface area (Å²) in [5.41, 5.74) is 1.40. The Hall–Kier alpha value is -2.61. The van der Waals surface area contributed by atoms with Crippen molar-refractivity contribution in [1.29, 1.82) is 0 Å². The Morgan fingerprint density at radius 2 is 1.77 bits per heavy atom. The van der Waals surface area contributed by atoms with Crippen LogP contribution in [0.4, 0.5) is 0 Å². The van der Waals surface area contributed by atoms with Crippen molar-refractivity contribution in [3.63, 3.8) is 0 Å². The van der Waals surface area contributed by atoms with Crippen LogP contribution in [0.25, 0.3) is 0 Å². The van der Waals surface area contributed by atoms with Gasteiger partial charge >= 0.3 is 11.9 Å². The fourth-order valence-electron chi connectivity index (χ4n) is 3.65. The Balaban J connectivity index is 2.14. The summed E-state index contributed by atoms with van der Waals surface area (Å²) in [4.78, 5) is 38.5.